The summed E-state index contributed by atoms with van der Waals surface area (Å²) >= 11 is 0. The van der Waals surface area contributed by atoms with Gasteiger partial charge < -0.3 is 15.4 Å². The largest absolute Gasteiger partial charge is 0.374 e. The number of anilines is 1. The van der Waals surface area contributed by atoms with Crippen molar-refractivity contribution in [2.24, 2.45) is 0 Å². The van der Waals surface area contributed by atoms with Crippen molar-refractivity contribution in [2.75, 3.05) is 18.4 Å². The topological polar surface area (TPSA) is 68.2 Å². The summed E-state index contributed by atoms with van der Waals surface area (Å²) in [6, 6.07) is 9.89. The number of carbonyl (C=O) groups excluding carboxylic acids is 1. The molecule has 4 rings (SSSR count). The van der Waals surface area contributed by atoms with Crippen LogP contribution in [0.4, 0.5) is 5.69 Å². The van der Waals surface area contributed by atoms with E-state index in [1.54, 1.807) is 6.20 Å². The molecule has 6 nitrogen and oxygen atoms in total. The molecule has 1 aliphatic heterocycles. The molecular weight excluding hydrogens is 388 g/mol. The fourth-order valence-corrected chi connectivity index (χ4v) is 4.35. The average molecular weight is 419 g/mol. The molecule has 0 bridgehead atoms. The Balaban J connectivity index is 0.00000240. The number of aromatic nitrogens is 2. The Morgan fingerprint density at radius 3 is 2.72 bits per heavy atom. The van der Waals surface area contributed by atoms with Crippen molar-refractivity contribution in [3.63, 3.8) is 0 Å². The van der Waals surface area contributed by atoms with Crippen LogP contribution in [0.15, 0.2) is 42.7 Å². The maximum absolute atomic E-state index is 13.3. The van der Waals surface area contributed by atoms with Crippen LogP contribution in [-0.4, -0.2) is 34.9 Å². The Kier molecular flexibility index (Phi) is 7.70. The van der Waals surface area contributed by atoms with E-state index in [4.69, 9.17) is 4.74 Å². The highest BCUT2D eigenvalue weighted by Crippen LogP contribution is 2.29. The Morgan fingerprint density at radius 2 is 2.00 bits per heavy atom. The van der Waals surface area contributed by atoms with E-state index in [0.29, 0.717) is 12.7 Å². The van der Waals surface area contributed by atoms with E-state index in [1.165, 1.54) is 19.3 Å². The summed E-state index contributed by atoms with van der Waals surface area (Å²) in [5.74, 6) is 0.00282. The monoisotopic (exact) mass is 418 g/mol. The molecule has 1 aromatic carbocycles. The van der Waals surface area contributed by atoms with Crippen LogP contribution >= 0.6 is 12.4 Å². The summed E-state index contributed by atoms with van der Waals surface area (Å²) < 4.78 is 7.91. The van der Waals surface area contributed by atoms with Crippen LogP contribution in [0.25, 0.3) is 0 Å². The van der Waals surface area contributed by atoms with Crippen molar-refractivity contribution < 1.29 is 9.53 Å². The molecule has 29 heavy (non-hydrogen) atoms. The number of hydrogen-bond donors (Lipinski definition) is 2. The normalized spacial score (nSPS) is 19.3. The smallest absolute Gasteiger partial charge is 0.252 e. The summed E-state index contributed by atoms with van der Waals surface area (Å²) in [6.45, 7) is 2.22. The summed E-state index contributed by atoms with van der Waals surface area (Å²) in [5, 5.41) is 10.9. The van der Waals surface area contributed by atoms with Crippen LogP contribution in [0.3, 0.4) is 0 Å². The third-order valence-corrected chi connectivity index (χ3v) is 6.02. The molecule has 1 aromatic heterocycles. The second-order valence-electron chi connectivity index (χ2n) is 7.96. The molecule has 1 aliphatic carbocycles. The second kappa shape index (κ2) is 10.2. The molecule has 158 valence electrons. The van der Waals surface area contributed by atoms with Gasteiger partial charge in [-0.3, -0.25) is 9.48 Å². The lowest BCUT2D eigenvalue weighted by molar-refractivity contribution is -0.126. The van der Waals surface area contributed by atoms with Crippen molar-refractivity contribution in [3.05, 3.63) is 48.3 Å². The number of benzene rings is 1. The predicted molar refractivity (Wildman–Crippen MR) is 116 cm³/mol. The molecule has 2 heterocycles. The minimum absolute atomic E-state index is 0. The molecule has 1 saturated heterocycles. The van der Waals surface area contributed by atoms with E-state index in [0.717, 1.165) is 50.0 Å². The van der Waals surface area contributed by atoms with Gasteiger partial charge >= 0.3 is 0 Å². The van der Waals surface area contributed by atoms with Crippen LogP contribution in [0.1, 0.15) is 50.5 Å². The fourth-order valence-electron chi connectivity index (χ4n) is 4.35. The third-order valence-electron chi connectivity index (χ3n) is 6.02. The Labute approximate surface area is 178 Å². The van der Waals surface area contributed by atoms with Crippen LogP contribution in [-0.2, 0) is 21.7 Å². The molecule has 7 heteroatoms. The molecule has 2 fully saturated rings. The molecule has 1 saturated carbocycles. The van der Waals surface area contributed by atoms with Gasteiger partial charge in [-0.25, -0.2) is 0 Å². The maximum Gasteiger partial charge on any atom is 0.252 e. The zero-order chi connectivity index (χ0) is 19.2. The van der Waals surface area contributed by atoms with E-state index < -0.39 is 5.54 Å². The number of nitrogens with one attached hydrogen (secondary N) is 2. The Bertz CT molecular complexity index is 769. The minimum Gasteiger partial charge on any atom is -0.374 e. The second-order valence-corrected chi connectivity index (χ2v) is 7.96. The summed E-state index contributed by atoms with van der Waals surface area (Å²) in [4.78, 5) is 13.3. The summed E-state index contributed by atoms with van der Waals surface area (Å²) in [6.07, 6.45) is 11.7. The van der Waals surface area contributed by atoms with E-state index >= 15 is 0 Å². The lowest BCUT2D eigenvalue weighted by Crippen LogP contribution is -2.52. The zero-order valence-corrected chi connectivity index (χ0v) is 17.6. The predicted octanol–water partition coefficient (Wildman–Crippen LogP) is 3.87. The van der Waals surface area contributed by atoms with Gasteiger partial charge in [-0.2, -0.15) is 5.10 Å². The number of carbonyl (C=O) groups is 1. The SMILES string of the molecule is Cl.O=C(Nc1cccc(COC2CCCCC2)c1)C1(n2cccn2)CCNCC1. The first-order chi connectivity index (χ1) is 13.8. The van der Waals surface area contributed by atoms with Gasteiger partial charge in [0.15, 0.2) is 0 Å². The highest BCUT2D eigenvalue weighted by Gasteiger charge is 2.42. The Morgan fingerprint density at radius 1 is 1.21 bits per heavy atom. The van der Waals surface area contributed by atoms with Crippen molar-refractivity contribution in [2.45, 2.75) is 63.2 Å². The molecule has 2 aromatic rings. The summed E-state index contributed by atoms with van der Waals surface area (Å²) in [7, 11) is 0. The lowest BCUT2D eigenvalue weighted by Gasteiger charge is -2.36. The van der Waals surface area contributed by atoms with Crippen LogP contribution in [0.2, 0.25) is 0 Å². The molecule has 0 radical (unpaired) electrons. The molecule has 0 unspecified atom stereocenters. The number of amides is 1. The number of piperidine rings is 1. The van der Waals surface area contributed by atoms with Gasteiger partial charge in [0.1, 0.15) is 5.54 Å². The number of rotatable bonds is 6. The van der Waals surface area contributed by atoms with Gasteiger partial charge in [0.05, 0.1) is 12.7 Å². The third kappa shape index (κ3) is 5.18. The number of halogens is 1. The molecule has 2 N–H and O–H groups in total. The minimum atomic E-state index is -0.636. The van der Waals surface area contributed by atoms with Crippen molar-refractivity contribution >= 4 is 24.0 Å². The van der Waals surface area contributed by atoms with Crippen molar-refractivity contribution in [1.29, 1.82) is 0 Å². The quantitative estimate of drug-likeness (QED) is 0.747. The molecule has 0 spiro atoms. The van der Waals surface area contributed by atoms with Crippen LogP contribution in [0.5, 0.6) is 0 Å². The Hall–Kier alpha value is -1.89. The van der Waals surface area contributed by atoms with Gasteiger partial charge in [0, 0.05) is 18.1 Å². The molecule has 1 amide bonds. The van der Waals surface area contributed by atoms with Gasteiger partial charge in [-0.1, -0.05) is 31.4 Å². The number of nitrogens with zero attached hydrogens (tertiary/aromatic N) is 2. The van der Waals surface area contributed by atoms with Gasteiger partial charge in [-0.05, 0) is 62.5 Å². The van der Waals surface area contributed by atoms with Crippen LogP contribution in [0, 0.1) is 0 Å². The van der Waals surface area contributed by atoms with Gasteiger partial charge in [0.2, 0.25) is 0 Å². The van der Waals surface area contributed by atoms with Gasteiger partial charge in [-0.15, -0.1) is 12.4 Å². The first-order valence-corrected chi connectivity index (χ1v) is 10.5. The highest BCUT2D eigenvalue weighted by atomic mass is 35.5. The zero-order valence-electron chi connectivity index (χ0n) is 16.8. The highest BCUT2D eigenvalue weighted by molar-refractivity contribution is 5.96. The molecule has 2 aliphatic rings. The van der Waals surface area contributed by atoms with Crippen LogP contribution < -0.4 is 10.6 Å². The average Bonchev–Trinajstić information content (AvgIpc) is 3.29. The summed E-state index contributed by atoms with van der Waals surface area (Å²) in [5.41, 5.74) is 1.28. The van der Waals surface area contributed by atoms with E-state index in [2.05, 4.69) is 21.8 Å². The van der Waals surface area contributed by atoms with Crippen molar-refractivity contribution in [1.82, 2.24) is 15.1 Å². The van der Waals surface area contributed by atoms with E-state index in [-0.39, 0.29) is 18.3 Å². The maximum atomic E-state index is 13.3. The van der Waals surface area contributed by atoms with Gasteiger partial charge in [0.25, 0.3) is 5.91 Å². The van der Waals surface area contributed by atoms with E-state index in [9.17, 15) is 4.79 Å². The molecule has 0 atom stereocenters. The standard InChI is InChI=1S/C22H30N4O2.ClH/c27-21(22(10-13-23-14-11-22)26-15-5-12-24-26)25-19-7-4-6-18(16-19)17-28-20-8-2-1-3-9-20;/h4-7,12,15-16,20,23H,1-3,8-11,13-14,17H2,(H,25,27);1H. The first kappa shape index (κ1) is 21.8. The number of hydrogen-bond acceptors (Lipinski definition) is 4. The molecular formula is C22H31ClN4O2. The number of ether oxygens (including phenoxy) is 1. The lowest BCUT2D eigenvalue weighted by atomic mass is 9.87. The fraction of sp³-hybridized carbons (Fsp3) is 0.545. The van der Waals surface area contributed by atoms with Crippen molar-refractivity contribution in [3.8, 4) is 0 Å². The first-order valence-electron chi connectivity index (χ1n) is 10.5. The van der Waals surface area contributed by atoms with E-state index in [1.807, 2.05) is 35.1 Å².